The average molecular weight is 557 g/mol. The van der Waals surface area contributed by atoms with Gasteiger partial charge >= 0.3 is 0 Å². The average Bonchev–Trinajstić information content (AvgIpc) is 3.37. The summed E-state index contributed by atoms with van der Waals surface area (Å²) < 4.78 is 10.3. The van der Waals surface area contributed by atoms with Gasteiger partial charge in [-0.2, -0.15) is 0 Å². The molecule has 4 aromatic rings. The molecule has 0 spiro atoms. The van der Waals surface area contributed by atoms with Crippen LogP contribution in [-0.2, 0) is 9.59 Å². The van der Waals surface area contributed by atoms with Crippen molar-refractivity contribution in [3.05, 3.63) is 108 Å². The Bertz CT molecular complexity index is 1530. The number of benzene rings is 3. The van der Waals surface area contributed by atoms with Crippen molar-refractivity contribution < 1.29 is 23.6 Å². The van der Waals surface area contributed by atoms with Crippen LogP contribution in [0.4, 0.5) is 11.5 Å². The molecule has 4 rings (SSSR count). The van der Waals surface area contributed by atoms with Gasteiger partial charge < -0.3 is 25.2 Å². The third-order valence-electron chi connectivity index (χ3n) is 5.59. The Morgan fingerprint density at radius 2 is 1.73 bits per heavy atom. The van der Waals surface area contributed by atoms with Crippen LogP contribution in [-0.4, -0.2) is 35.2 Å². The molecule has 0 aliphatic heterocycles. The third-order valence-corrected chi connectivity index (χ3v) is 6.68. The third kappa shape index (κ3) is 7.84. The molecule has 3 aromatic carbocycles. The van der Waals surface area contributed by atoms with Crippen molar-refractivity contribution in [2.75, 3.05) is 17.7 Å². The molecule has 1 heterocycles. The highest BCUT2D eigenvalue weighted by molar-refractivity contribution is 8.00. The minimum Gasteiger partial charge on any atom is -0.497 e. The van der Waals surface area contributed by atoms with Gasteiger partial charge in [-0.05, 0) is 68.0 Å². The number of thioether (sulfide) groups is 1. The smallest absolute Gasteiger partial charge is 0.272 e. The second-order valence-electron chi connectivity index (χ2n) is 8.71. The Labute approximate surface area is 236 Å². The molecule has 1 aromatic heterocycles. The summed E-state index contributed by atoms with van der Waals surface area (Å²) in [6, 6.07) is 24.5. The standard InChI is InChI=1S/C30H28N4O5S/c1-19-15-27(34-39-19)33-28(35)20(2)40-25-14-8-12-23(18-25)31-30(37)26(17-21-9-7-13-24(16-21)38-3)32-29(36)22-10-5-4-6-11-22/h4-18,20H,1-3H3,(H,31,37)(H,32,36)(H,33,34,35)/b26-17-. The van der Waals surface area contributed by atoms with E-state index in [4.69, 9.17) is 9.26 Å². The van der Waals surface area contributed by atoms with Gasteiger partial charge in [0.1, 0.15) is 17.2 Å². The van der Waals surface area contributed by atoms with Gasteiger partial charge in [-0.3, -0.25) is 14.4 Å². The lowest BCUT2D eigenvalue weighted by atomic mass is 10.1. The number of aromatic nitrogens is 1. The van der Waals surface area contributed by atoms with E-state index in [0.29, 0.717) is 34.1 Å². The molecule has 40 heavy (non-hydrogen) atoms. The molecule has 3 N–H and O–H groups in total. The van der Waals surface area contributed by atoms with Gasteiger partial charge in [0, 0.05) is 22.2 Å². The van der Waals surface area contributed by atoms with Gasteiger partial charge in [-0.1, -0.05) is 41.6 Å². The molecule has 1 unspecified atom stereocenters. The molecule has 0 saturated carbocycles. The number of aryl methyl sites for hydroxylation is 1. The largest absolute Gasteiger partial charge is 0.497 e. The van der Waals surface area contributed by atoms with Crippen LogP contribution < -0.4 is 20.7 Å². The summed E-state index contributed by atoms with van der Waals surface area (Å²) in [5, 5.41) is 11.6. The summed E-state index contributed by atoms with van der Waals surface area (Å²) in [7, 11) is 1.55. The highest BCUT2D eigenvalue weighted by Crippen LogP contribution is 2.27. The summed E-state index contributed by atoms with van der Waals surface area (Å²) in [5.74, 6) is 0.393. The monoisotopic (exact) mass is 556 g/mol. The van der Waals surface area contributed by atoms with Gasteiger partial charge in [0.15, 0.2) is 5.82 Å². The highest BCUT2D eigenvalue weighted by Gasteiger charge is 2.18. The van der Waals surface area contributed by atoms with E-state index in [1.807, 2.05) is 6.07 Å². The van der Waals surface area contributed by atoms with Crippen LogP contribution in [0.1, 0.15) is 28.6 Å². The molecule has 204 valence electrons. The van der Waals surface area contributed by atoms with Crippen molar-refractivity contribution in [1.82, 2.24) is 10.5 Å². The molecule has 0 fully saturated rings. The summed E-state index contributed by atoms with van der Waals surface area (Å²) in [4.78, 5) is 39.6. The lowest BCUT2D eigenvalue weighted by molar-refractivity contribution is -0.115. The van der Waals surface area contributed by atoms with E-state index >= 15 is 0 Å². The lowest BCUT2D eigenvalue weighted by Gasteiger charge is -2.14. The first kappa shape index (κ1) is 28.2. The quantitative estimate of drug-likeness (QED) is 0.174. The number of nitrogens with zero attached hydrogens (tertiary/aromatic N) is 1. The van der Waals surface area contributed by atoms with Crippen molar-refractivity contribution in [3.63, 3.8) is 0 Å². The van der Waals surface area contributed by atoms with Gasteiger partial charge in [-0.25, -0.2) is 0 Å². The Morgan fingerprint density at radius 1 is 0.950 bits per heavy atom. The number of ether oxygens (including phenoxy) is 1. The normalized spacial score (nSPS) is 11.8. The summed E-state index contributed by atoms with van der Waals surface area (Å²) in [6.07, 6.45) is 1.58. The Morgan fingerprint density at radius 3 is 2.45 bits per heavy atom. The van der Waals surface area contributed by atoms with E-state index in [1.54, 1.807) is 106 Å². The van der Waals surface area contributed by atoms with E-state index < -0.39 is 17.1 Å². The molecule has 0 aliphatic rings. The van der Waals surface area contributed by atoms with E-state index in [2.05, 4.69) is 21.1 Å². The van der Waals surface area contributed by atoms with Gasteiger partial charge in [-0.15, -0.1) is 11.8 Å². The molecule has 10 heteroatoms. The van der Waals surface area contributed by atoms with Gasteiger partial charge in [0.2, 0.25) is 5.91 Å². The predicted molar refractivity (Wildman–Crippen MR) is 155 cm³/mol. The molecule has 1 atom stereocenters. The summed E-state index contributed by atoms with van der Waals surface area (Å²) >= 11 is 1.32. The maximum Gasteiger partial charge on any atom is 0.272 e. The molecule has 0 aliphatic carbocycles. The van der Waals surface area contributed by atoms with E-state index in [9.17, 15) is 14.4 Å². The molecule has 9 nitrogen and oxygen atoms in total. The molecule has 0 bridgehead atoms. The van der Waals surface area contributed by atoms with Crippen LogP contribution in [0, 0.1) is 6.92 Å². The summed E-state index contributed by atoms with van der Waals surface area (Å²) in [5.41, 5.74) is 1.64. The van der Waals surface area contributed by atoms with E-state index in [-0.39, 0.29) is 11.6 Å². The Hall–Kier alpha value is -4.83. The number of amides is 3. The van der Waals surface area contributed by atoms with Crippen LogP contribution in [0.25, 0.3) is 6.08 Å². The van der Waals surface area contributed by atoms with Crippen molar-refractivity contribution in [2.45, 2.75) is 24.0 Å². The molecule has 0 radical (unpaired) electrons. The fourth-order valence-corrected chi connectivity index (χ4v) is 4.52. The second kappa shape index (κ2) is 13.3. The van der Waals surface area contributed by atoms with E-state index in [0.717, 1.165) is 4.90 Å². The predicted octanol–water partition coefficient (Wildman–Crippen LogP) is 5.52. The first-order valence-electron chi connectivity index (χ1n) is 12.3. The number of methoxy groups -OCH3 is 1. The highest BCUT2D eigenvalue weighted by atomic mass is 32.2. The number of carbonyl (C=O) groups is 3. The fourth-order valence-electron chi connectivity index (χ4n) is 3.60. The topological polar surface area (TPSA) is 123 Å². The number of hydrogen-bond acceptors (Lipinski definition) is 7. The van der Waals surface area contributed by atoms with Gasteiger partial charge in [0.25, 0.3) is 11.8 Å². The van der Waals surface area contributed by atoms with Crippen molar-refractivity contribution in [2.24, 2.45) is 0 Å². The first-order chi connectivity index (χ1) is 19.3. The zero-order valence-corrected chi connectivity index (χ0v) is 23.0. The maximum absolute atomic E-state index is 13.4. The molecule has 0 saturated heterocycles. The summed E-state index contributed by atoms with van der Waals surface area (Å²) in [6.45, 7) is 3.51. The number of anilines is 2. The Balaban J connectivity index is 1.49. The fraction of sp³-hybridized carbons (Fsp3) is 0.133. The van der Waals surface area contributed by atoms with Gasteiger partial charge in [0.05, 0.1) is 12.4 Å². The van der Waals surface area contributed by atoms with Crippen LogP contribution in [0.3, 0.4) is 0 Å². The van der Waals surface area contributed by atoms with Crippen LogP contribution >= 0.6 is 11.8 Å². The lowest BCUT2D eigenvalue weighted by Crippen LogP contribution is -2.30. The molecule has 3 amide bonds. The zero-order valence-electron chi connectivity index (χ0n) is 22.1. The van der Waals surface area contributed by atoms with Crippen LogP contribution in [0.15, 0.2) is 100 Å². The maximum atomic E-state index is 13.4. The van der Waals surface area contributed by atoms with Crippen molar-refractivity contribution >= 4 is 47.1 Å². The van der Waals surface area contributed by atoms with Crippen molar-refractivity contribution in [3.8, 4) is 5.75 Å². The number of rotatable bonds is 10. The zero-order chi connectivity index (χ0) is 28.5. The minimum atomic E-state index is -0.513. The van der Waals surface area contributed by atoms with Crippen molar-refractivity contribution in [1.29, 1.82) is 0 Å². The Kier molecular flexibility index (Phi) is 9.37. The first-order valence-corrected chi connectivity index (χ1v) is 13.2. The number of hydrogen-bond donors (Lipinski definition) is 3. The minimum absolute atomic E-state index is 0.0517. The number of nitrogens with one attached hydrogen (secondary N) is 3. The molecular weight excluding hydrogens is 528 g/mol. The second-order valence-corrected chi connectivity index (χ2v) is 10.1. The van der Waals surface area contributed by atoms with Crippen LogP contribution in [0.5, 0.6) is 5.75 Å². The van der Waals surface area contributed by atoms with E-state index in [1.165, 1.54) is 11.8 Å². The SMILES string of the molecule is COc1cccc(/C=C(\NC(=O)c2ccccc2)C(=O)Nc2cccc(SC(C)C(=O)Nc3cc(C)on3)c2)c1. The molecular formula is C30H28N4O5S. The van der Waals surface area contributed by atoms with Crippen LogP contribution in [0.2, 0.25) is 0 Å². The number of carbonyl (C=O) groups excluding carboxylic acids is 3.